The predicted octanol–water partition coefficient (Wildman–Crippen LogP) is 7.30. The number of amides is 2. The van der Waals surface area contributed by atoms with Crippen LogP contribution in [0.2, 0.25) is 0 Å². The lowest BCUT2D eigenvalue weighted by Crippen LogP contribution is -2.50. The molecule has 0 unspecified atom stereocenters. The van der Waals surface area contributed by atoms with E-state index < -0.39 is 28.7 Å². The normalized spacial score (nSPS) is 22.2. The maximum atomic E-state index is 14.4. The minimum atomic E-state index is -0.904. The van der Waals surface area contributed by atoms with E-state index in [1.165, 1.54) is 6.07 Å². The smallest absolute Gasteiger partial charge is 0.340 e. The molecule has 1 saturated heterocycles. The van der Waals surface area contributed by atoms with Crippen LogP contribution in [0.25, 0.3) is 11.1 Å². The molecule has 7 heteroatoms. The molecule has 2 amide bonds. The summed E-state index contributed by atoms with van der Waals surface area (Å²) in [4.78, 5) is 56.3. The number of hydrogen-bond acceptors (Lipinski definition) is 5. The molecule has 2 bridgehead atoms. The maximum Gasteiger partial charge on any atom is 0.340 e. The van der Waals surface area contributed by atoms with Crippen LogP contribution in [0, 0.1) is 11.8 Å². The van der Waals surface area contributed by atoms with Crippen LogP contribution in [0.5, 0.6) is 0 Å². The Bertz CT molecular complexity index is 2020. The zero-order chi connectivity index (χ0) is 31.6. The molecule has 6 nitrogen and oxygen atoms in total. The summed E-state index contributed by atoms with van der Waals surface area (Å²) in [5.74, 6) is -3.55. The fourth-order valence-electron chi connectivity index (χ4n) is 7.53. The first-order chi connectivity index (χ1) is 22.4. The van der Waals surface area contributed by atoms with Crippen molar-refractivity contribution < 1.29 is 23.9 Å². The van der Waals surface area contributed by atoms with E-state index in [9.17, 15) is 19.2 Å². The molecule has 46 heavy (non-hydrogen) atoms. The first-order valence-corrected chi connectivity index (χ1v) is 15.9. The average molecular weight is 669 g/mol. The first kappa shape index (κ1) is 28.3. The Kier molecular flexibility index (Phi) is 6.62. The van der Waals surface area contributed by atoms with Crippen molar-refractivity contribution in [2.45, 2.75) is 10.2 Å². The number of benzene rings is 5. The monoisotopic (exact) mass is 667 g/mol. The lowest BCUT2D eigenvalue weighted by Gasteiger charge is -2.51. The molecule has 9 rings (SSSR count). The van der Waals surface area contributed by atoms with Crippen LogP contribution >= 0.6 is 15.9 Å². The molecule has 224 valence electrons. The molecule has 0 aromatic heterocycles. The van der Waals surface area contributed by atoms with Gasteiger partial charge in [0.1, 0.15) is 0 Å². The largest absolute Gasteiger partial charge is 0.454 e. The Morgan fingerprint density at radius 2 is 1.24 bits per heavy atom. The second-order valence-electron chi connectivity index (χ2n) is 11.8. The van der Waals surface area contributed by atoms with E-state index in [-0.39, 0.29) is 34.8 Å². The fraction of sp³-hybridized carbons (Fsp3) is 0.128. The summed E-state index contributed by atoms with van der Waals surface area (Å²) in [6.07, 6.45) is 0. The van der Waals surface area contributed by atoms with Crippen molar-refractivity contribution in [2.75, 3.05) is 11.5 Å². The van der Waals surface area contributed by atoms with E-state index in [4.69, 9.17) is 4.74 Å². The number of alkyl halides is 1. The van der Waals surface area contributed by atoms with Gasteiger partial charge in [0, 0.05) is 11.5 Å². The van der Waals surface area contributed by atoms with Crippen LogP contribution in [-0.4, -0.2) is 30.2 Å². The van der Waals surface area contributed by atoms with Gasteiger partial charge in [-0.05, 0) is 45.5 Å². The minimum absolute atomic E-state index is 0.0427. The van der Waals surface area contributed by atoms with Crippen molar-refractivity contribution in [3.63, 3.8) is 0 Å². The van der Waals surface area contributed by atoms with Gasteiger partial charge in [0.15, 0.2) is 12.4 Å². The van der Waals surface area contributed by atoms with E-state index in [1.807, 2.05) is 91.0 Å². The molecule has 5 aromatic rings. The molecule has 0 N–H and O–H groups in total. The van der Waals surface area contributed by atoms with Crippen LogP contribution in [-0.2, 0) is 18.7 Å². The van der Waals surface area contributed by atoms with Gasteiger partial charge in [-0.2, -0.15) is 0 Å². The van der Waals surface area contributed by atoms with Crippen molar-refractivity contribution in [1.29, 1.82) is 0 Å². The van der Waals surface area contributed by atoms with E-state index in [0.29, 0.717) is 5.56 Å². The highest BCUT2D eigenvalue weighted by molar-refractivity contribution is 9.09. The van der Waals surface area contributed by atoms with Gasteiger partial charge in [-0.1, -0.05) is 131 Å². The topological polar surface area (TPSA) is 80.8 Å². The number of ketones is 1. The van der Waals surface area contributed by atoms with E-state index in [0.717, 1.165) is 38.3 Å². The number of anilines is 1. The molecular formula is C39H26BrNO5. The van der Waals surface area contributed by atoms with E-state index in [2.05, 4.69) is 15.9 Å². The molecule has 0 spiro atoms. The summed E-state index contributed by atoms with van der Waals surface area (Å²) >= 11 is 4.00. The van der Waals surface area contributed by atoms with Crippen molar-refractivity contribution in [2.24, 2.45) is 11.8 Å². The molecule has 1 aliphatic heterocycles. The number of halogens is 1. The van der Waals surface area contributed by atoms with Crippen LogP contribution in [0.3, 0.4) is 0 Å². The summed E-state index contributed by atoms with van der Waals surface area (Å²) in [6.45, 7) is -0.484. The maximum absolute atomic E-state index is 14.4. The van der Waals surface area contributed by atoms with Gasteiger partial charge in [0.2, 0.25) is 11.8 Å². The third-order valence-corrected chi connectivity index (χ3v) is 10.9. The number of rotatable bonds is 6. The summed E-state index contributed by atoms with van der Waals surface area (Å²) in [7, 11) is 0. The average Bonchev–Trinajstić information content (AvgIpc) is 3.38. The third kappa shape index (κ3) is 4.08. The number of carbonyl (C=O) groups excluding carboxylic acids is 4. The number of esters is 1. The van der Waals surface area contributed by atoms with Crippen LogP contribution < -0.4 is 4.90 Å². The van der Waals surface area contributed by atoms with Gasteiger partial charge in [-0.25, -0.2) is 9.69 Å². The highest BCUT2D eigenvalue weighted by Crippen LogP contribution is 2.66. The molecule has 3 aliphatic carbocycles. The zero-order valence-corrected chi connectivity index (χ0v) is 26.0. The second kappa shape index (κ2) is 10.7. The molecule has 0 saturated carbocycles. The Hall–Kier alpha value is -5.14. The number of carbonyl (C=O) groups is 4. The Morgan fingerprint density at radius 1 is 0.674 bits per heavy atom. The van der Waals surface area contributed by atoms with Crippen molar-refractivity contribution >= 4 is 45.2 Å². The van der Waals surface area contributed by atoms with Crippen molar-refractivity contribution in [1.82, 2.24) is 0 Å². The molecule has 4 aliphatic rings. The lowest BCUT2D eigenvalue weighted by atomic mass is 9.55. The molecule has 0 radical (unpaired) electrons. The highest BCUT2D eigenvalue weighted by Gasteiger charge is 2.67. The molecule has 1 heterocycles. The molecular weight excluding hydrogens is 642 g/mol. The number of ether oxygens (including phenoxy) is 1. The fourth-order valence-corrected chi connectivity index (χ4v) is 8.73. The Morgan fingerprint density at radius 3 is 1.91 bits per heavy atom. The summed E-state index contributed by atoms with van der Waals surface area (Å²) in [5.41, 5.74) is 6.59. The highest BCUT2D eigenvalue weighted by atomic mass is 79.9. The number of imide groups is 1. The summed E-state index contributed by atoms with van der Waals surface area (Å²) in [5, 5.41) is 0. The van der Waals surface area contributed by atoms with Crippen molar-refractivity contribution in [3.05, 3.63) is 161 Å². The predicted molar refractivity (Wildman–Crippen MR) is 177 cm³/mol. The van der Waals surface area contributed by atoms with Crippen LogP contribution in [0.4, 0.5) is 5.69 Å². The van der Waals surface area contributed by atoms with Gasteiger partial charge in [-0.15, -0.1) is 0 Å². The number of hydrogen-bond donors (Lipinski definition) is 0. The summed E-state index contributed by atoms with van der Waals surface area (Å²) in [6, 6.07) is 39.2. The Labute approximate surface area is 273 Å². The molecule has 1 fully saturated rings. The molecule has 5 aromatic carbocycles. The quantitative estimate of drug-likeness (QED) is 0.0822. The summed E-state index contributed by atoms with van der Waals surface area (Å²) < 4.78 is 4.57. The van der Waals surface area contributed by atoms with E-state index >= 15 is 0 Å². The van der Waals surface area contributed by atoms with Gasteiger partial charge in [0.25, 0.3) is 0 Å². The van der Waals surface area contributed by atoms with Gasteiger partial charge in [-0.3, -0.25) is 14.4 Å². The Balaban J connectivity index is 1.07. The first-order valence-electron chi connectivity index (χ1n) is 15.1. The van der Waals surface area contributed by atoms with Gasteiger partial charge < -0.3 is 4.74 Å². The number of para-hydroxylation sites is 1. The number of nitrogens with zero attached hydrogens (tertiary/aromatic N) is 1. The zero-order valence-electron chi connectivity index (χ0n) is 24.4. The van der Waals surface area contributed by atoms with Gasteiger partial charge >= 0.3 is 5.97 Å². The van der Waals surface area contributed by atoms with Gasteiger partial charge in [0.05, 0.1) is 27.4 Å². The SMILES string of the molecule is O=C(COC(=O)c1ccccc1N1C(=O)[C@@H]2[C@@H](C1=O)C1c3ccccc3C2(Br)c2ccccc21)c1ccc(-c2ccccc2)cc1. The number of Topliss-reactive ketones (excluding diaryl/α,β-unsaturated/α-hetero) is 1. The standard InChI is InChI=1S/C39H26BrNO5/c40-39-29-15-7-4-12-26(29)33(27-13-5-8-16-30(27)39)34-35(39)37(44)41(36(34)43)31-17-9-6-14-28(31)38(45)46-22-32(42)25-20-18-24(19-21-25)23-10-2-1-3-11-23/h1-21,33-35H,22H2/t33?,34-,35-,39?/m0/s1. The van der Waals surface area contributed by atoms with E-state index in [1.54, 1.807) is 30.3 Å². The lowest BCUT2D eigenvalue weighted by molar-refractivity contribution is -0.122. The van der Waals surface area contributed by atoms with Crippen LogP contribution in [0.1, 0.15) is 48.9 Å². The third-order valence-electron chi connectivity index (χ3n) is 9.53. The second-order valence-corrected chi connectivity index (χ2v) is 13.1. The van der Waals surface area contributed by atoms with Crippen molar-refractivity contribution in [3.8, 4) is 11.1 Å². The minimum Gasteiger partial charge on any atom is -0.454 e. The van der Waals surface area contributed by atoms with Crippen LogP contribution in [0.15, 0.2) is 127 Å². The molecule has 2 atom stereocenters.